The lowest BCUT2D eigenvalue weighted by molar-refractivity contribution is -0.121. The van der Waals surface area contributed by atoms with E-state index in [4.69, 9.17) is 4.52 Å². The molecule has 1 rings (SSSR count). The van der Waals surface area contributed by atoms with E-state index < -0.39 is 0 Å². The molecule has 0 atom stereocenters. The van der Waals surface area contributed by atoms with E-state index in [1.54, 1.807) is 7.05 Å². The number of aryl methyl sites for hydroxylation is 1. The summed E-state index contributed by atoms with van der Waals surface area (Å²) in [6.07, 6.45) is 1.53. The Morgan fingerprint density at radius 2 is 2.00 bits per heavy atom. The Hall–Kier alpha value is -2.12. The molecule has 0 bridgehead atoms. The van der Waals surface area contributed by atoms with Crippen molar-refractivity contribution in [3.8, 4) is 0 Å². The monoisotopic (exact) mass is 338 g/mol. The van der Waals surface area contributed by atoms with Crippen LogP contribution in [0.4, 0.5) is 0 Å². The number of aromatic nitrogens is 2. The molecule has 0 aliphatic carbocycles. The second-order valence-electron chi connectivity index (χ2n) is 6.96. The summed E-state index contributed by atoms with van der Waals surface area (Å²) in [7, 11) is 1.67. The second kappa shape index (κ2) is 9.24. The van der Waals surface area contributed by atoms with Gasteiger partial charge in [-0.15, -0.1) is 0 Å². The number of guanidine groups is 1. The van der Waals surface area contributed by atoms with Crippen molar-refractivity contribution in [2.24, 2.45) is 4.99 Å². The van der Waals surface area contributed by atoms with Crippen LogP contribution in [0.1, 0.15) is 58.7 Å². The maximum Gasteiger partial charge on any atom is 0.239 e. The second-order valence-corrected chi connectivity index (χ2v) is 6.96. The number of amides is 1. The Balaban J connectivity index is 2.25. The number of hydrogen-bond donors (Lipinski definition) is 3. The van der Waals surface area contributed by atoms with Crippen LogP contribution in [0.2, 0.25) is 0 Å². The van der Waals surface area contributed by atoms with Gasteiger partial charge in [-0.1, -0.05) is 19.0 Å². The first-order valence-electron chi connectivity index (χ1n) is 8.29. The van der Waals surface area contributed by atoms with E-state index in [1.165, 1.54) is 0 Å². The molecular weight excluding hydrogens is 308 g/mol. The first-order valence-corrected chi connectivity index (χ1v) is 8.29. The minimum Gasteiger partial charge on any atom is -0.356 e. The summed E-state index contributed by atoms with van der Waals surface area (Å²) in [4.78, 5) is 20.2. The van der Waals surface area contributed by atoms with Gasteiger partial charge in [0.2, 0.25) is 11.8 Å². The summed E-state index contributed by atoms with van der Waals surface area (Å²) in [6.45, 7) is 10.8. The molecule has 0 saturated carbocycles. The van der Waals surface area contributed by atoms with Gasteiger partial charge in [-0.2, -0.15) is 4.98 Å². The Morgan fingerprint density at radius 1 is 1.29 bits per heavy atom. The number of carbonyl (C=O) groups is 1. The first kappa shape index (κ1) is 19.9. The summed E-state index contributed by atoms with van der Waals surface area (Å²) < 4.78 is 5.20. The first-order chi connectivity index (χ1) is 11.2. The molecule has 0 spiro atoms. The smallest absolute Gasteiger partial charge is 0.239 e. The van der Waals surface area contributed by atoms with Gasteiger partial charge in [0.05, 0.1) is 6.54 Å². The molecule has 1 amide bonds. The highest BCUT2D eigenvalue weighted by molar-refractivity contribution is 5.86. The van der Waals surface area contributed by atoms with E-state index in [0.717, 1.165) is 12.2 Å². The van der Waals surface area contributed by atoms with Crippen molar-refractivity contribution < 1.29 is 9.32 Å². The van der Waals surface area contributed by atoms with Crippen LogP contribution >= 0.6 is 0 Å². The molecule has 1 aromatic heterocycles. The lowest BCUT2D eigenvalue weighted by Crippen LogP contribution is -2.48. The number of hydrogen-bond acceptors (Lipinski definition) is 5. The predicted octanol–water partition coefficient (Wildman–Crippen LogP) is 1.21. The minimum absolute atomic E-state index is 0.0717. The maximum absolute atomic E-state index is 11.8. The Bertz CT molecular complexity index is 545. The third kappa shape index (κ3) is 7.94. The lowest BCUT2D eigenvalue weighted by atomic mass is 10.1. The van der Waals surface area contributed by atoms with Crippen molar-refractivity contribution in [3.05, 3.63) is 11.7 Å². The molecule has 0 unspecified atom stereocenters. The van der Waals surface area contributed by atoms with Gasteiger partial charge in [0.25, 0.3) is 0 Å². The predicted molar refractivity (Wildman–Crippen MR) is 94.0 cm³/mol. The van der Waals surface area contributed by atoms with E-state index in [9.17, 15) is 4.79 Å². The van der Waals surface area contributed by atoms with Crippen LogP contribution in [-0.4, -0.2) is 47.7 Å². The van der Waals surface area contributed by atoms with Gasteiger partial charge in [0, 0.05) is 31.5 Å². The maximum atomic E-state index is 11.8. The number of nitrogens with zero attached hydrogens (tertiary/aromatic N) is 3. The van der Waals surface area contributed by atoms with Gasteiger partial charge in [-0.3, -0.25) is 9.79 Å². The fraction of sp³-hybridized carbons (Fsp3) is 0.750. The van der Waals surface area contributed by atoms with Crippen molar-refractivity contribution in [2.45, 2.75) is 58.9 Å². The average Bonchev–Trinajstić information content (AvgIpc) is 2.93. The minimum atomic E-state index is -0.241. The molecule has 8 heteroatoms. The standard InChI is InChI=1S/C16H30N6O2/c1-11(2)14-20-13(24-22-14)8-7-9-18-15(17-6)19-10-12(23)21-16(3,4)5/h11H,7-10H2,1-6H3,(H,21,23)(H2,17,18,19). The largest absolute Gasteiger partial charge is 0.356 e. The zero-order valence-electron chi connectivity index (χ0n) is 15.6. The van der Waals surface area contributed by atoms with Crippen molar-refractivity contribution in [3.63, 3.8) is 0 Å². The quantitative estimate of drug-likeness (QED) is 0.392. The number of aliphatic imine (C=N–C) groups is 1. The van der Waals surface area contributed by atoms with Crippen LogP contribution in [0.25, 0.3) is 0 Å². The third-order valence-corrected chi connectivity index (χ3v) is 3.01. The van der Waals surface area contributed by atoms with Crippen LogP contribution in [0, 0.1) is 0 Å². The average molecular weight is 338 g/mol. The van der Waals surface area contributed by atoms with Crippen molar-refractivity contribution in [1.82, 2.24) is 26.1 Å². The van der Waals surface area contributed by atoms with E-state index in [0.29, 0.717) is 24.8 Å². The highest BCUT2D eigenvalue weighted by atomic mass is 16.5. The zero-order chi connectivity index (χ0) is 18.2. The Morgan fingerprint density at radius 3 is 2.54 bits per heavy atom. The van der Waals surface area contributed by atoms with Gasteiger partial charge in [-0.25, -0.2) is 0 Å². The summed E-state index contributed by atoms with van der Waals surface area (Å²) >= 11 is 0. The van der Waals surface area contributed by atoms with Gasteiger partial charge < -0.3 is 20.5 Å². The lowest BCUT2D eigenvalue weighted by Gasteiger charge is -2.21. The number of nitrogens with one attached hydrogen (secondary N) is 3. The highest BCUT2D eigenvalue weighted by Gasteiger charge is 2.13. The highest BCUT2D eigenvalue weighted by Crippen LogP contribution is 2.10. The van der Waals surface area contributed by atoms with Crippen molar-refractivity contribution in [1.29, 1.82) is 0 Å². The van der Waals surface area contributed by atoms with Crippen molar-refractivity contribution >= 4 is 11.9 Å². The molecule has 0 saturated heterocycles. The number of carbonyl (C=O) groups excluding carboxylic acids is 1. The Labute approximate surface area is 143 Å². The molecule has 136 valence electrons. The van der Waals surface area contributed by atoms with E-state index >= 15 is 0 Å². The zero-order valence-corrected chi connectivity index (χ0v) is 15.6. The molecule has 3 N–H and O–H groups in total. The van der Waals surface area contributed by atoms with Crippen LogP contribution in [0.15, 0.2) is 9.52 Å². The van der Waals surface area contributed by atoms with E-state index in [-0.39, 0.29) is 23.9 Å². The summed E-state index contributed by atoms with van der Waals surface area (Å²) in [5, 5.41) is 13.0. The molecular formula is C16H30N6O2. The number of rotatable bonds is 7. The summed E-state index contributed by atoms with van der Waals surface area (Å²) in [5.74, 6) is 2.17. The third-order valence-electron chi connectivity index (χ3n) is 3.01. The molecule has 1 aromatic rings. The van der Waals surface area contributed by atoms with E-state index in [2.05, 4.69) is 31.1 Å². The molecule has 24 heavy (non-hydrogen) atoms. The normalized spacial score (nSPS) is 12.4. The van der Waals surface area contributed by atoms with Crippen LogP contribution in [0.5, 0.6) is 0 Å². The SMILES string of the molecule is CN=C(NCCCc1nc(C(C)C)no1)NCC(=O)NC(C)(C)C. The molecule has 0 aliphatic heterocycles. The van der Waals surface area contributed by atoms with Gasteiger partial charge >= 0.3 is 0 Å². The fourth-order valence-corrected chi connectivity index (χ4v) is 1.90. The van der Waals surface area contributed by atoms with Crippen molar-refractivity contribution in [2.75, 3.05) is 20.1 Å². The molecule has 0 fully saturated rings. The van der Waals surface area contributed by atoms with Gasteiger partial charge in [0.15, 0.2) is 11.8 Å². The molecule has 1 heterocycles. The van der Waals surface area contributed by atoms with Crippen LogP contribution in [-0.2, 0) is 11.2 Å². The van der Waals surface area contributed by atoms with Crippen LogP contribution < -0.4 is 16.0 Å². The molecule has 0 aromatic carbocycles. The van der Waals surface area contributed by atoms with Gasteiger partial charge in [-0.05, 0) is 27.2 Å². The van der Waals surface area contributed by atoms with Gasteiger partial charge in [0.1, 0.15) is 0 Å². The topological polar surface area (TPSA) is 104 Å². The Kier molecular flexibility index (Phi) is 7.67. The molecule has 0 aliphatic rings. The molecule has 8 nitrogen and oxygen atoms in total. The fourth-order valence-electron chi connectivity index (χ4n) is 1.90. The summed E-state index contributed by atoms with van der Waals surface area (Å²) in [6, 6.07) is 0. The molecule has 0 radical (unpaired) electrons. The summed E-state index contributed by atoms with van der Waals surface area (Å²) in [5.41, 5.74) is -0.241. The van der Waals surface area contributed by atoms with E-state index in [1.807, 2.05) is 34.6 Å². The van der Waals surface area contributed by atoms with Crippen LogP contribution in [0.3, 0.4) is 0 Å².